The highest BCUT2D eigenvalue weighted by Crippen LogP contribution is 2.32. The average molecular weight is 959 g/mol. The lowest BCUT2D eigenvalue weighted by Crippen LogP contribution is -2.63. The van der Waals surface area contributed by atoms with Gasteiger partial charge in [-0.1, -0.05) is 12.1 Å². The average Bonchev–Trinajstić information content (AvgIpc) is 3.20. The van der Waals surface area contributed by atoms with E-state index in [1.807, 2.05) is 0 Å². The number of nitrogens with one attached hydrogen (secondary N) is 2. The lowest BCUT2D eigenvalue weighted by Gasteiger charge is -2.44. The van der Waals surface area contributed by atoms with Crippen LogP contribution in [0.15, 0.2) is 24.3 Å². The van der Waals surface area contributed by atoms with Crippen molar-refractivity contribution in [3.05, 3.63) is 29.8 Å². The summed E-state index contributed by atoms with van der Waals surface area (Å²) in [6, 6.07) is 4.80. The molecular weight excluding hydrogens is 905 g/mol. The predicted octanol–water partition coefficient (Wildman–Crippen LogP) is -0.678. The molecule has 0 aliphatic carbocycles. The molecule has 2 fully saturated rings. The van der Waals surface area contributed by atoms with Gasteiger partial charge < -0.3 is 67.5 Å². The summed E-state index contributed by atoms with van der Waals surface area (Å²) in [6.45, 7) is 7.33. The van der Waals surface area contributed by atoms with E-state index in [9.17, 15) is 47.9 Å². The van der Waals surface area contributed by atoms with Crippen LogP contribution in [0.2, 0.25) is 0 Å². The van der Waals surface area contributed by atoms with Crippen LogP contribution >= 0.6 is 12.6 Å². The molecule has 1 aromatic rings. The number of esters is 8. The number of benzene rings is 1. The van der Waals surface area contributed by atoms with Crippen LogP contribution in [-0.4, -0.2) is 159 Å². The van der Waals surface area contributed by atoms with Gasteiger partial charge in [0.15, 0.2) is 36.8 Å². The van der Waals surface area contributed by atoms with Crippen LogP contribution in [-0.2, 0) is 106 Å². The van der Waals surface area contributed by atoms with Crippen LogP contribution in [0, 0.1) is 0 Å². The summed E-state index contributed by atoms with van der Waals surface area (Å²) in [6.07, 6.45) is -14.3. The van der Waals surface area contributed by atoms with Crippen LogP contribution in [0.1, 0.15) is 61.0 Å². The molecule has 25 heteroatoms. The topological polar surface area (TPSA) is 306 Å². The molecule has 2 aliphatic rings. The van der Waals surface area contributed by atoms with Crippen molar-refractivity contribution in [3.63, 3.8) is 0 Å². The molecule has 2 N–H and O–H groups in total. The van der Waals surface area contributed by atoms with Gasteiger partial charge in [-0.3, -0.25) is 47.9 Å². The molecule has 11 atom stereocenters. The molecule has 2 saturated heterocycles. The summed E-state index contributed by atoms with van der Waals surface area (Å²) in [5.74, 6) is -7.53. The van der Waals surface area contributed by atoms with E-state index in [-0.39, 0.29) is 31.1 Å². The maximum absolute atomic E-state index is 13.1. The molecule has 0 saturated carbocycles. The van der Waals surface area contributed by atoms with E-state index in [4.69, 9.17) is 56.8 Å². The van der Waals surface area contributed by atoms with Crippen LogP contribution in [0.3, 0.4) is 0 Å². The fraction of sp³-hybridized carbons (Fsp3) is 0.610. The number of hydrogen-bond acceptors (Lipinski definition) is 23. The quantitative estimate of drug-likeness (QED) is 0.0595. The Bertz CT molecular complexity index is 1910. The number of carbonyl (C=O) groups excluding carboxylic acids is 10. The highest BCUT2D eigenvalue weighted by atomic mass is 32.1. The molecule has 1 aromatic carbocycles. The first-order valence-electron chi connectivity index (χ1n) is 20.2. The van der Waals surface area contributed by atoms with Crippen LogP contribution < -0.4 is 15.4 Å². The third-order valence-corrected chi connectivity index (χ3v) is 9.32. The molecule has 0 bridgehead atoms. The zero-order valence-corrected chi connectivity index (χ0v) is 38.2. The monoisotopic (exact) mass is 958 g/mol. The SMILES string of the molecule is CC(=O)OC[C@H]1O[C@H](OCCNC(=O)[C@H](CS)NC(=O)Cc2ccc(O[C@H]3O[C@H](COC(C)=O)[C@@H](OC(C)=O)[C@H](OC(C)=O)[C@@H]3OC(C)=O)cc2)[C@@H](OC(C)=O)[C@@H](OC(C)=O)[C@@H]1OC(C)=O. The summed E-state index contributed by atoms with van der Waals surface area (Å²) in [5.41, 5.74) is 0.456. The minimum atomic E-state index is -1.49. The molecule has 2 heterocycles. The van der Waals surface area contributed by atoms with Crippen molar-refractivity contribution in [2.45, 2.75) is 129 Å². The van der Waals surface area contributed by atoms with Crippen molar-refractivity contribution in [2.75, 3.05) is 32.1 Å². The molecule has 2 amide bonds. The Morgan fingerprint density at radius 1 is 0.561 bits per heavy atom. The maximum Gasteiger partial charge on any atom is 0.303 e. The van der Waals surface area contributed by atoms with Crippen molar-refractivity contribution in [1.82, 2.24) is 10.6 Å². The van der Waals surface area contributed by atoms with Gasteiger partial charge in [0, 0.05) is 67.7 Å². The van der Waals surface area contributed by atoms with E-state index in [1.165, 1.54) is 24.3 Å². The number of ether oxygens (including phenoxy) is 12. The molecule has 0 unspecified atom stereocenters. The van der Waals surface area contributed by atoms with Gasteiger partial charge in [0.25, 0.3) is 0 Å². The van der Waals surface area contributed by atoms with E-state index >= 15 is 0 Å². The van der Waals surface area contributed by atoms with E-state index in [2.05, 4.69) is 23.3 Å². The first-order chi connectivity index (χ1) is 31.1. The zero-order chi connectivity index (χ0) is 49.2. The molecule has 24 nitrogen and oxygen atoms in total. The number of thiol groups is 1. The van der Waals surface area contributed by atoms with Crippen LogP contribution in [0.4, 0.5) is 0 Å². The Labute approximate surface area is 383 Å². The van der Waals surface area contributed by atoms with Crippen molar-refractivity contribution >= 4 is 72.2 Å². The Kier molecular flexibility index (Phi) is 21.5. The number of amides is 2. The number of rotatable bonds is 21. The summed E-state index contributed by atoms with van der Waals surface area (Å²) in [5, 5.41) is 5.16. The van der Waals surface area contributed by atoms with Crippen LogP contribution in [0.25, 0.3) is 0 Å². The van der Waals surface area contributed by atoms with Crippen molar-refractivity contribution in [2.24, 2.45) is 0 Å². The summed E-state index contributed by atoms with van der Waals surface area (Å²) in [4.78, 5) is 122. The Hall–Kier alpha value is -6.05. The Balaban J connectivity index is 1.66. The third-order valence-electron chi connectivity index (χ3n) is 8.95. The smallest absolute Gasteiger partial charge is 0.303 e. The van der Waals surface area contributed by atoms with E-state index in [1.54, 1.807) is 0 Å². The number of hydrogen-bond donors (Lipinski definition) is 3. The molecule has 66 heavy (non-hydrogen) atoms. The minimum Gasteiger partial charge on any atom is -0.463 e. The standard InChI is InChI=1S/C41H54N2O22S/c1-19(44)55-16-30-33(57-21(3)46)35(59-23(5)48)37(61-25(7)50)40(64-30)54-14-13-42-39(53)29(18-66)43-32(52)15-27-9-11-28(12-10-27)63-41-38(62-26(8)51)36(60-24(6)49)34(58-22(4)47)31(65-41)17-56-20(2)45/h9-12,29-31,33-38,40-41,66H,13-18H2,1-8H3,(H,42,53)(H,43,52)/t29-,30+,31+,33+,34+,35-,36-,37-,38-,40-,41-/m0/s1. The van der Waals surface area contributed by atoms with E-state index in [0.717, 1.165) is 55.4 Å². The second-order valence-corrected chi connectivity index (χ2v) is 14.9. The van der Waals surface area contributed by atoms with Gasteiger partial charge in [0.2, 0.25) is 24.2 Å². The zero-order valence-electron chi connectivity index (χ0n) is 37.3. The van der Waals surface area contributed by atoms with Gasteiger partial charge in [0.05, 0.1) is 13.0 Å². The van der Waals surface area contributed by atoms with Gasteiger partial charge in [-0.25, -0.2) is 0 Å². The predicted molar refractivity (Wildman–Crippen MR) is 219 cm³/mol. The Morgan fingerprint density at radius 2 is 0.970 bits per heavy atom. The van der Waals surface area contributed by atoms with E-state index < -0.39 is 140 Å². The first-order valence-corrected chi connectivity index (χ1v) is 20.9. The van der Waals surface area contributed by atoms with Crippen LogP contribution in [0.5, 0.6) is 5.75 Å². The lowest BCUT2D eigenvalue weighted by molar-refractivity contribution is -0.307. The van der Waals surface area contributed by atoms with Gasteiger partial charge in [-0.05, 0) is 17.7 Å². The summed E-state index contributed by atoms with van der Waals surface area (Å²) in [7, 11) is 0. The van der Waals surface area contributed by atoms with Crippen molar-refractivity contribution < 1.29 is 105 Å². The maximum atomic E-state index is 13.1. The largest absolute Gasteiger partial charge is 0.463 e. The second kappa shape index (κ2) is 26.2. The minimum absolute atomic E-state index is 0.124. The molecule has 0 aromatic heterocycles. The van der Waals surface area contributed by atoms with Gasteiger partial charge in [0.1, 0.15) is 37.2 Å². The highest BCUT2D eigenvalue weighted by molar-refractivity contribution is 7.80. The van der Waals surface area contributed by atoms with Crippen molar-refractivity contribution in [1.29, 1.82) is 0 Å². The second-order valence-electron chi connectivity index (χ2n) is 14.5. The molecule has 366 valence electrons. The first kappa shape index (κ1) is 54.3. The summed E-state index contributed by atoms with van der Waals surface area (Å²) < 4.78 is 66.0. The van der Waals surface area contributed by atoms with Gasteiger partial charge in [-0.2, -0.15) is 12.6 Å². The molecular formula is C41H54N2O22S. The highest BCUT2D eigenvalue weighted by Gasteiger charge is 2.54. The molecule has 2 aliphatic heterocycles. The molecule has 0 spiro atoms. The Morgan fingerprint density at radius 3 is 1.39 bits per heavy atom. The fourth-order valence-corrected chi connectivity index (χ4v) is 6.78. The summed E-state index contributed by atoms with van der Waals surface area (Å²) >= 11 is 4.20. The van der Waals surface area contributed by atoms with Gasteiger partial charge in [-0.15, -0.1) is 0 Å². The third kappa shape index (κ3) is 17.7. The van der Waals surface area contributed by atoms with Gasteiger partial charge >= 0.3 is 47.8 Å². The van der Waals surface area contributed by atoms with Crippen molar-refractivity contribution in [3.8, 4) is 5.75 Å². The normalized spacial score (nSPS) is 25.0. The molecule has 0 radical (unpaired) electrons. The molecule has 3 rings (SSSR count). The van der Waals surface area contributed by atoms with E-state index in [0.29, 0.717) is 5.56 Å². The fourth-order valence-electron chi connectivity index (χ4n) is 6.52. The number of carbonyl (C=O) groups is 10. The lowest BCUT2D eigenvalue weighted by atomic mass is 9.98.